The third-order valence-electron chi connectivity index (χ3n) is 3.14. The third kappa shape index (κ3) is 3.16. The summed E-state index contributed by atoms with van der Waals surface area (Å²) in [6, 6.07) is 3.68. The van der Waals surface area contributed by atoms with Gasteiger partial charge in [0.25, 0.3) is 0 Å². The molecule has 1 heterocycles. The molecule has 0 spiro atoms. The normalized spacial score (nSPS) is 23.4. The smallest absolute Gasteiger partial charge is 0.146 e. The maximum Gasteiger partial charge on any atom is 0.146 e. The van der Waals surface area contributed by atoms with Crippen LogP contribution < -0.4 is 10.6 Å². The van der Waals surface area contributed by atoms with E-state index in [-0.39, 0.29) is 17.3 Å². The molecule has 1 aliphatic heterocycles. The van der Waals surface area contributed by atoms with Crippen LogP contribution in [0.2, 0.25) is 0 Å². The topological polar surface area (TPSA) is 24.1 Å². The standard InChI is InChI=1S/C13H18F2N2/c1-13(2)8-10(5-6-16-13)17-12-7-9(14)3-4-11(12)15/h3-4,7,10,16-17H,5-6,8H2,1-2H3. The Labute approximate surface area is 100 Å². The third-order valence-corrected chi connectivity index (χ3v) is 3.14. The molecule has 0 aromatic heterocycles. The Balaban J connectivity index is 2.07. The van der Waals surface area contributed by atoms with Crippen LogP contribution in [0.25, 0.3) is 0 Å². The van der Waals surface area contributed by atoms with Gasteiger partial charge < -0.3 is 10.6 Å². The molecular formula is C13H18F2N2. The number of rotatable bonds is 2. The summed E-state index contributed by atoms with van der Waals surface area (Å²) in [5.74, 6) is -0.815. The lowest BCUT2D eigenvalue weighted by molar-refractivity contribution is 0.286. The van der Waals surface area contributed by atoms with E-state index in [0.717, 1.165) is 31.5 Å². The summed E-state index contributed by atoms with van der Waals surface area (Å²) in [4.78, 5) is 0. The minimum Gasteiger partial charge on any atom is -0.380 e. The summed E-state index contributed by atoms with van der Waals surface area (Å²) in [5.41, 5.74) is 0.299. The molecule has 1 atom stereocenters. The highest BCUT2D eigenvalue weighted by Gasteiger charge is 2.27. The molecule has 2 nitrogen and oxygen atoms in total. The summed E-state index contributed by atoms with van der Waals surface area (Å²) in [6.07, 6.45) is 1.81. The van der Waals surface area contributed by atoms with Gasteiger partial charge in [0.1, 0.15) is 11.6 Å². The van der Waals surface area contributed by atoms with E-state index in [0.29, 0.717) is 0 Å². The fourth-order valence-electron chi connectivity index (χ4n) is 2.33. The number of hydrogen-bond donors (Lipinski definition) is 2. The first kappa shape index (κ1) is 12.3. The Morgan fingerprint density at radius 1 is 1.35 bits per heavy atom. The van der Waals surface area contributed by atoms with Gasteiger partial charge in [-0.05, 0) is 51.4 Å². The summed E-state index contributed by atoms with van der Waals surface area (Å²) in [5, 5.41) is 6.48. The first-order valence-electron chi connectivity index (χ1n) is 5.93. The van der Waals surface area contributed by atoms with Crippen molar-refractivity contribution in [2.75, 3.05) is 11.9 Å². The van der Waals surface area contributed by atoms with Crippen LogP contribution in [0, 0.1) is 11.6 Å². The van der Waals surface area contributed by atoms with E-state index in [9.17, 15) is 8.78 Å². The van der Waals surface area contributed by atoms with Crippen molar-refractivity contribution in [1.82, 2.24) is 5.32 Å². The molecular weight excluding hydrogens is 222 g/mol. The van der Waals surface area contributed by atoms with Gasteiger partial charge in [0.15, 0.2) is 0 Å². The van der Waals surface area contributed by atoms with Gasteiger partial charge in [-0.3, -0.25) is 0 Å². The Morgan fingerprint density at radius 2 is 2.12 bits per heavy atom. The minimum atomic E-state index is -0.415. The largest absolute Gasteiger partial charge is 0.380 e. The first-order chi connectivity index (χ1) is 7.96. The van der Waals surface area contributed by atoms with Crippen LogP contribution in [0.5, 0.6) is 0 Å². The van der Waals surface area contributed by atoms with Gasteiger partial charge in [0, 0.05) is 11.6 Å². The number of hydrogen-bond acceptors (Lipinski definition) is 2. The number of halogens is 2. The Bertz CT molecular complexity index is 404. The maximum atomic E-state index is 13.5. The van der Waals surface area contributed by atoms with E-state index < -0.39 is 11.6 Å². The molecule has 1 aromatic carbocycles. The zero-order chi connectivity index (χ0) is 12.5. The van der Waals surface area contributed by atoms with Crippen molar-refractivity contribution >= 4 is 5.69 Å². The zero-order valence-electron chi connectivity index (χ0n) is 10.2. The van der Waals surface area contributed by atoms with Crippen LogP contribution in [0.3, 0.4) is 0 Å². The molecule has 94 valence electrons. The molecule has 2 N–H and O–H groups in total. The van der Waals surface area contributed by atoms with E-state index in [1.165, 1.54) is 6.07 Å². The van der Waals surface area contributed by atoms with E-state index in [1.54, 1.807) is 0 Å². The lowest BCUT2D eigenvalue weighted by Gasteiger charge is -2.37. The van der Waals surface area contributed by atoms with Crippen LogP contribution in [0.1, 0.15) is 26.7 Å². The number of anilines is 1. The summed E-state index contributed by atoms with van der Waals surface area (Å²) >= 11 is 0. The molecule has 1 aliphatic rings. The van der Waals surface area contributed by atoms with Gasteiger partial charge in [-0.15, -0.1) is 0 Å². The molecule has 4 heteroatoms. The van der Waals surface area contributed by atoms with Crippen LogP contribution in [0.4, 0.5) is 14.5 Å². The molecule has 1 saturated heterocycles. The SMILES string of the molecule is CC1(C)CC(Nc2cc(F)ccc2F)CCN1. The van der Waals surface area contributed by atoms with E-state index in [2.05, 4.69) is 24.5 Å². The van der Waals surface area contributed by atoms with Gasteiger partial charge in [-0.1, -0.05) is 0 Å². The highest BCUT2D eigenvalue weighted by Crippen LogP contribution is 2.23. The number of piperidine rings is 1. The number of nitrogens with one attached hydrogen (secondary N) is 2. The number of benzene rings is 1. The average Bonchev–Trinajstić information content (AvgIpc) is 2.22. The van der Waals surface area contributed by atoms with E-state index in [1.807, 2.05) is 0 Å². The highest BCUT2D eigenvalue weighted by atomic mass is 19.1. The summed E-state index contributed by atoms with van der Waals surface area (Å²) in [6.45, 7) is 5.12. The molecule has 2 rings (SSSR count). The van der Waals surface area contributed by atoms with Crippen molar-refractivity contribution in [3.8, 4) is 0 Å². The zero-order valence-corrected chi connectivity index (χ0v) is 10.2. The summed E-state index contributed by atoms with van der Waals surface area (Å²) < 4.78 is 26.5. The van der Waals surface area contributed by atoms with E-state index >= 15 is 0 Å². The Hall–Kier alpha value is -1.16. The van der Waals surface area contributed by atoms with Crippen molar-refractivity contribution in [3.05, 3.63) is 29.8 Å². The van der Waals surface area contributed by atoms with E-state index in [4.69, 9.17) is 0 Å². The van der Waals surface area contributed by atoms with Gasteiger partial charge in [-0.25, -0.2) is 8.78 Å². The molecule has 1 fully saturated rings. The second-order valence-corrected chi connectivity index (χ2v) is 5.27. The van der Waals surface area contributed by atoms with Crippen LogP contribution >= 0.6 is 0 Å². The van der Waals surface area contributed by atoms with Crippen LogP contribution in [0.15, 0.2) is 18.2 Å². The van der Waals surface area contributed by atoms with Gasteiger partial charge >= 0.3 is 0 Å². The quantitative estimate of drug-likeness (QED) is 0.830. The highest BCUT2D eigenvalue weighted by molar-refractivity contribution is 5.45. The lowest BCUT2D eigenvalue weighted by Crippen LogP contribution is -2.50. The minimum absolute atomic E-state index is 0.0414. The summed E-state index contributed by atoms with van der Waals surface area (Å²) in [7, 11) is 0. The Kier molecular flexibility index (Phi) is 3.33. The second-order valence-electron chi connectivity index (χ2n) is 5.27. The van der Waals surface area contributed by atoms with Gasteiger partial charge in [0.05, 0.1) is 5.69 Å². The fourth-order valence-corrected chi connectivity index (χ4v) is 2.33. The lowest BCUT2D eigenvalue weighted by atomic mass is 9.89. The molecule has 0 bridgehead atoms. The Morgan fingerprint density at radius 3 is 2.82 bits per heavy atom. The molecule has 0 aliphatic carbocycles. The van der Waals surface area contributed by atoms with Crippen molar-refractivity contribution in [2.24, 2.45) is 0 Å². The maximum absolute atomic E-state index is 13.5. The average molecular weight is 240 g/mol. The van der Waals surface area contributed by atoms with Crippen LogP contribution in [-0.4, -0.2) is 18.1 Å². The predicted molar refractivity (Wildman–Crippen MR) is 65.1 cm³/mol. The van der Waals surface area contributed by atoms with Gasteiger partial charge in [0.2, 0.25) is 0 Å². The second kappa shape index (κ2) is 4.61. The molecule has 0 amide bonds. The first-order valence-corrected chi connectivity index (χ1v) is 5.93. The molecule has 0 radical (unpaired) electrons. The van der Waals surface area contributed by atoms with Crippen molar-refractivity contribution in [3.63, 3.8) is 0 Å². The monoisotopic (exact) mass is 240 g/mol. The molecule has 1 unspecified atom stereocenters. The van der Waals surface area contributed by atoms with Gasteiger partial charge in [-0.2, -0.15) is 0 Å². The van der Waals surface area contributed by atoms with Crippen molar-refractivity contribution in [2.45, 2.75) is 38.3 Å². The molecule has 0 saturated carbocycles. The van der Waals surface area contributed by atoms with Crippen LogP contribution in [-0.2, 0) is 0 Å². The predicted octanol–water partition coefficient (Wildman–Crippen LogP) is 2.91. The fraction of sp³-hybridized carbons (Fsp3) is 0.538. The van der Waals surface area contributed by atoms with Crippen molar-refractivity contribution in [1.29, 1.82) is 0 Å². The molecule has 17 heavy (non-hydrogen) atoms. The van der Waals surface area contributed by atoms with Crippen molar-refractivity contribution < 1.29 is 8.78 Å². The molecule has 1 aromatic rings.